The van der Waals surface area contributed by atoms with Crippen LogP contribution < -0.4 is 0 Å². The molecule has 4 nitrogen and oxygen atoms in total. The van der Waals surface area contributed by atoms with Gasteiger partial charge in [-0.2, -0.15) is 0 Å². The fraction of sp³-hybridized carbons (Fsp3) is 0.625. The van der Waals surface area contributed by atoms with Gasteiger partial charge in [0.25, 0.3) is 0 Å². The number of hydrogen-bond acceptors (Lipinski definition) is 3. The molecule has 1 aromatic rings. The average Bonchev–Trinajstić information content (AvgIpc) is 3.17. The predicted octanol–water partition coefficient (Wildman–Crippen LogP) is 3.20. The number of ketones is 1. The fourth-order valence-electron chi connectivity index (χ4n) is 2.28. The molecule has 1 aliphatic carbocycles. The standard InChI is InChI=1S/C16H23NO3/c1-2-20-15(18)6-4-3-5-10-17-11-9-14(12-17)16(19)13-7-8-13/h9,11-13H,2-8,10H2,1H3. The van der Waals surface area contributed by atoms with Gasteiger partial charge in [-0.1, -0.05) is 6.42 Å². The number of rotatable bonds is 9. The van der Waals surface area contributed by atoms with Crippen LogP contribution >= 0.6 is 0 Å². The highest BCUT2D eigenvalue weighted by atomic mass is 16.5. The Balaban J connectivity index is 1.62. The second-order valence-electron chi connectivity index (χ2n) is 5.39. The first-order valence-electron chi connectivity index (χ1n) is 7.56. The van der Waals surface area contributed by atoms with Gasteiger partial charge in [0.2, 0.25) is 0 Å². The molecule has 0 spiro atoms. The summed E-state index contributed by atoms with van der Waals surface area (Å²) in [6, 6.07) is 1.92. The summed E-state index contributed by atoms with van der Waals surface area (Å²) >= 11 is 0. The van der Waals surface area contributed by atoms with Gasteiger partial charge >= 0.3 is 5.97 Å². The molecule has 0 N–H and O–H groups in total. The van der Waals surface area contributed by atoms with Gasteiger partial charge < -0.3 is 9.30 Å². The lowest BCUT2D eigenvalue weighted by molar-refractivity contribution is -0.143. The molecule has 0 radical (unpaired) electrons. The monoisotopic (exact) mass is 277 g/mol. The zero-order valence-electron chi connectivity index (χ0n) is 12.1. The molecule has 0 bridgehead atoms. The molecule has 0 saturated heterocycles. The smallest absolute Gasteiger partial charge is 0.305 e. The topological polar surface area (TPSA) is 48.3 Å². The van der Waals surface area contributed by atoms with Crippen LogP contribution in [0.2, 0.25) is 0 Å². The normalized spacial score (nSPS) is 14.2. The van der Waals surface area contributed by atoms with Crippen molar-refractivity contribution < 1.29 is 14.3 Å². The summed E-state index contributed by atoms with van der Waals surface area (Å²) in [6.45, 7) is 3.19. The third-order valence-corrected chi connectivity index (χ3v) is 3.59. The molecule has 1 saturated carbocycles. The van der Waals surface area contributed by atoms with E-state index in [0.717, 1.165) is 44.2 Å². The lowest BCUT2D eigenvalue weighted by Crippen LogP contribution is -2.03. The van der Waals surface area contributed by atoms with Crippen molar-refractivity contribution in [3.63, 3.8) is 0 Å². The van der Waals surface area contributed by atoms with Crippen LogP contribution in [0.25, 0.3) is 0 Å². The number of unbranched alkanes of at least 4 members (excludes halogenated alkanes) is 2. The van der Waals surface area contributed by atoms with Crippen LogP contribution in [0, 0.1) is 5.92 Å². The Labute approximate surface area is 120 Å². The van der Waals surface area contributed by atoms with Crippen LogP contribution in [-0.4, -0.2) is 22.9 Å². The Bertz CT molecular complexity index is 460. The number of carbonyl (C=O) groups is 2. The number of esters is 1. The van der Waals surface area contributed by atoms with E-state index in [-0.39, 0.29) is 11.9 Å². The number of nitrogens with zero attached hydrogens (tertiary/aromatic N) is 1. The molecule has 1 aromatic heterocycles. The minimum Gasteiger partial charge on any atom is -0.466 e. The lowest BCUT2D eigenvalue weighted by Gasteiger charge is -2.03. The molecule has 0 amide bonds. The molecule has 1 heterocycles. The van der Waals surface area contributed by atoms with Crippen molar-refractivity contribution in [3.8, 4) is 0 Å². The second-order valence-corrected chi connectivity index (χ2v) is 5.39. The summed E-state index contributed by atoms with van der Waals surface area (Å²) in [5, 5.41) is 0. The highest BCUT2D eigenvalue weighted by Gasteiger charge is 2.30. The Morgan fingerprint density at radius 2 is 2.10 bits per heavy atom. The average molecular weight is 277 g/mol. The van der Waals surface area contributed by atoms with E-state index in [4.69, 9.17) is 4.74 Å². The molecule has 110 valence electrons. The first kappa shape index (κ1) is 14.8. The van der Waals surface area contributed by atoms with Gasteiger partial charge in [0.1, 0.15) is 0 Å². The molecule has 0 atom stereocenters. The quantitative estimate of drug-likeness (QED) is 0.395. The Kier molecular flexibility index (Phi) is 5.39. The van der Waals surface area contributed by atoms with E-state index in [1.165, 1.54) is 0 Å². The molecule has 0 aromatic carbocycles. The second kappa shape index (κ2) is 7.27. The first-order valence-corrected chi connectivity index (χ1v) is 7.56. The maximum absolute atomic E-state index is 11.9. The number of hydrogen-bond donors (Lipinski definition) is 0. The largest absolute Gasteiger partial charge is 0.466 e. The molecule has 0 aliphatic heterocycles. The molecule has 1 aliphatic rings. The summed E-state index contributed by atoms with van der Waals surface area (Å²) in [4.78, 5) is 23.0. The molecule has 0 unspecified atom stereocenters. The van der Waals surface area contributed by atoms with E-state index in [2.05, 4.69) is 4.57 Å². The zero-order chi connectivity index (χ0) is 14.4. The Morgan fingerprint density at radius 3 is 2.80 bits per heavy atom. The SMILES string of the molecule is CCOC(=O)CCCCCn1ccc(C(=O)C2CC2)c1. The van der Waals surface area contributed by atoms with Gasteiger partial charge in [0.15, 0.2) is 5.78 Å². The number of carbonyl (C=O) groups excluding carboxylic acids is 2. The van der Waals surface area contributed by atoms with Crippen molar-refractivity contribution in [2.24, 2.45) is 5.92 Å². The molecule has 1 fully saturated rings. The highest BCUT2D eigenvalue weighted by Crippen LogP contribution is 2.32. The maximum atomic E-state index is 11.9. The van der Waals surface area contributed by atoms with E-state index < -0.39 is 0 Å². The van der Waals surface area contributed by atoms with Crippen molar-refractivity contribution in [3.05, 3.63) is 24.0 Å². The van der Waals surface area contributed by atoms with E-state index in [1.54, 1.807) is 0 Å². The van der Waals surface area contributed by atoms with Crippen molar-refractivity contribution in [2.75, 3.05) is 6.61 Å². The van der Waals surface area contributed by atoms with Crippen molar-refractivity contribution >= 4 is 11.8 Å². The molecule has 2 rings (SSSR count). The van der Waals surface area contributed by atoms with Gasteiger partial charge in [-0.3, -0.25) is 9.59 Å². The Hall–Kier alpha value is -1.58. The number of ether oxygens (including phenoxy) is 1. The van der Waals surface area contributed by atoms with Crippen molar-refractivity contribution in [2.45, 2.75) is 52.0 Å². The fourth-order valence-corrected chi connectivity index (χ4v) is 2.28. The molecular weight excluding hydrogens is 254 g/mol. The Morgan fingerprint density at radius 1 is 1.30 bits per heavy atom. The van der Waals surface area contributed by atoms with E-state index in [1.807, 2.05) is 25.4 Å². The maximum Gasteiger partial charge on any atom is 0.305 e. The minimum absolute atomic E-state index is 0.106. The first-order chi connectivity index (χ1) is 9.70. The molecule has 20 heavy (non-hydrogen) atoms. The number of aryl methyl sites for hydroxylation is 1. The van der Waals surface area contributed by atoms with Crippen LogP contribution in [-0.2, 0) is 16.1 Å². The van der Waals surface area contributed by atoms with E-state index >= 15 is 0 Å². The van der Waals surface area contributed by atoms with Crippen LogP contribution in [0.15, 0.2) is 18.5 Å². The summed E-state index contributed by atoms with van der Waals surface area (Å²) in [5.41, 5.74) is 0.846. The zero-order valence-corrected chi connectivity index (χ0v) is 12.1. The summed E-state index contributed by atoms with van der Waals surface area (Å²) in [6.07, 6.45) is 9.43. The summed E-state index contributed by atoms with van der Waals surface area (Å²) < 4.78 is 6.95. The van der Waals surface area contributed by atoms with Gasteiger partial charge in [-0.25, -0.2) is 0 Å². The van der Waals surface area contributed by atoms with E-state index in [0.29, 0.717) is 18.8 Å². The van der Waals surface area contributed by atoms with Crippen molar-refractivity contribution in [1.29, 1.82) is 0 Å². The molecule has 4 heteroatoms. The predicted molar refractivity (Wildman–Crippen MR) is 76.6 cm³/mol. The summed E-state index contributed by atoms with van der Waals surface area (Å²) in [7, 11) is 0. The number of Topliss-reactive ketones (excluding diaryl/α,β-unsaturated/α-hetero) is 1. The van der Waals surface area contributed by atoms with Gasteiger partial charge in [0.05, 0.1) is 6.61 Å². The van der Waals surface area contributed by atoms with Gasteiger partial charge in [-0.15, -0.1) is 0 Å². The van der Waals surface area contributed by atoms with Crippen LogP contribution in [0.5, 0.6) is 0 Å². The lowest BCUT2D eigenvalue weighted by atomic mass is 10.1. The number of aromatic nitrogens is 1. The third-order valence-electron chi connectivity index (χ3n) is 3.59. The minimum atomic E-state index is -0.106. The van der Waals surface area contributed by atoms with Gasteiger partial charge in [0, 0.05) is 36.8 Å². The molecular formula is C16H23NO3. The van der Waals surface area contributed by atoms with Crippen molar-refractivity contribution in [1.82, 2.24) is 4.57 Å². The summed E-state index contributed by atoms with van der Waals surface area (Å²) in [5.74, 6) is 0.479. The van der Waals surface area contributed by atoms with Gasteiger partial charge in [-0.05, 0) is 38.7 Å². The van der Waals surface area contributed by atoms with Crippen LogP contribution in [0.1, 0.15) is 55.8 Å². The van der Waals surface area contributed by atoms with Crippen LogP contribution in [0.3, 0.4) is 0 Å². The van der Waals surface area contributed by atoms with Crippen LogP contribution in [0.4, 0.5) is 0 Å². The van der Waals surface area contributed by atoms with E-state index in [9.17, 15) is 9.59 Å². The highest BCUT2D eigenvalue weighted by molar-refractivity contribution is 5.99. The third kappa shape index (κ3) is 4.51.